The standard InChI is InChI=1S/C15H15N3S2/c1-9(2)12-13(11-8-19-15(16)17-11)20-14(18-12)10-6-4-3-5-7-10/h3-9H,1-2H3,(H2,16,17). The number of aromatic nitrogens is 2. The second-order valence-corrected chi connectivity index (χ2v) is 6.71. The van der Waals surface area contributed by atoms with Crippen LogP contribution in [0.5, 0.6) is 0 Å². The Balaban J connectivity index is 2.12. The van der Waals surface area contributed by atoms with Crippen molar-refractivity contribution in [2.75, 3.05) is 5.73 Å². The Hall–Kier alpha value is -1.72. The summed E-state index contributed by atoms with van der Waals surface area (Å²) in [6.45, 7) is 4.31. The molecule has 2 aromatic heterocycles. The predicted molar refractivity (Wildman–Crippen MR) is 87.2 cm³/mol. The number of thiazole rings is 2. The van der Waals surface area contributed by atoms with Gasteiger partial charge >= 0.3 is 0 Å². The Morgan fingerprint density at radius 1 is 1.10 bits per heavy atom. The SMILES string of the molecule is CC(C)c1nc(-c2ccccc2)sc1-c1csc(N)n1. The van der Waals surface area contributed by atoms with Crippen LogP contribution in [0.2, 0.25) is 0 Å². The van der Waals surface area contributed by atoms with E-state index in [9.17, 15) is 0 Å². The molecule has 3 rings (SSSR count). The topological polar surface area (TPSA) is 51.8 Å². The van der Waals surface area contributed by atoms with Gasteiger partial charge in [-0.05, 0) is 5.92 Å². The Bertz CT molecular complexity index is 714. The van der Waals surface area contributed by atoms with Gasteiger partial charge in [0.1, 0.15) is 5.01 Å². The lowest BCUT2D eigenvalue weighted by Gasteiger charge is -2.02. The van der Waals surface area contributed by atoms with Crippen LogP contribution in [0.1, 0.15) is 25.5 Å². The smallest absolute Gasteiger partial charge is 0.180 e. The van der Waals surface area contributed by atoms with Gasteiger partial charge in [-0.15, -0.1) is 22.7 Å². The number of benzene rings is 1. The number of hydrogen-bond acceptors (Lipinski definition) is 5. The summed E-state index contributed by atoms with van der Waals surface area (Å²) in [5, 5.41) is 3.64. The van der Waals surface area contributed by atoms with E-state index in [1.165, 1.54) is 11.3 Å². The van der Waals surface area contributed by atoms with E-state index in [0.717, 1.165) is 26.8 Å². The maximum atomic E-state index is 5.75. The minimum Gasteiger partial charge on any atom is -0.375 e. The minimum absolute atomic E-state index is 0.363. The average molecular weight is 301 g/mol. The van der Waals surface area contributed by atoms with E-state index < -0.39 is 0 Å². The summed E-state index contributed by atoms with van der Waals surface area (Å²) < 4.78 is 0. The summed E-state index contributed by atoms with van der Waals surface area (Å²) in [7, 11) is 0. The molecule has 3 aromatic rings. The van der Waals surface area contributed by atoms with E-state index in [1.54, 1.807) is 11.3 Å². The van der Waals surface area contributed by atoms with Crippen molar-refractivity contribution < 1.29 is 0 Å². The van der Waals surface area contributed by atoms with E-state index in [1.807, 2.05) is 23.6 Å². The number of nitrogens with zero attached hydrogens (tertiary/aromatic N) is 2. The largest absolute Gasteiger partial charge is 0.375 e. The lowest BCUT2D eigenvalue weighted by Crippen LogP contribution is -1.91. The van der Waals surface area contributed by atoms with Crippen molar-refractivity contribution in [2.24, 2.45) is 0 Å². The quantitative estimate of drug-likeness (QED) is 0.766. The molecular weight excluding hydrogens is 286 g/mol. The highest BCUT2D eigenvalue weighted by Gasteiger charge is 2.18. The molecule has 2 heterocycles. The van der Waals surface area contributed by atoms with Crippen LogP contribution in [0, 0.1) is 0 Å². The van der Waals surface area contributed by atoms with Crippen molar-refractivity contribution in [2.45, 2.75) is 19.8 Å². The molecule has 0 unspecified atom stereocenters. The van der Waals surface area contributed by atoms with Crippen molar-refractivity contribution in [3.05, 3.63) is 41.4 Å². The summed E-state index contributed by atoms with van der Waals surface area (Å²) in [4.78, 5) is 10.3. The van der Waals surface area contributed by atoms with Crippen LogP contribution in [-0.2, 0) is 0 Å². The molecule has 0 aliphatic carbocycles. The highest BCUT2D eigenvalue weighted by atomic mass is 32.1. The fourth-order valence-electron chi connectivity index (χ4n) is 2.00. The molecule has 0 amide bonds. The van der Waals surface area contributed by atoms with Gasteiger partial charge in [0.05, 0.1) is 16.3 Å². The molecule has 102 valence electrons. The van der Waals surface area contributed by atoms with Gasteiger partial charge in [-0.2, -0.15) is 0 Å². The third-order valence-electron chi connectivity index (χ3n) is 2.98. The molecule has 3 nitrogen and oxygen atoms in total. The van der Waals surface area contributed by atoms with Gasteiger partial charge in [0.2, 0.25) is 0 Å². The van der Waals surface area contributed by atoms with E-state index in [0.29, 0.717) is 11.0 Å². The molecule has 0 bridgehead atoms. The van der Waals surface area contributed by atoms with Crippen molar-refractivity contribution in [1.82, 2.24) is 9.97 Å². The number of nitrogens with two attached hydrogens (primary N) is 1. The van der Waals surface area contributed by atoms with Crippen LogP contribution >= 0.6 is 22.7 Å². The third kappa shape index (κ3) is 2.46. The van der Waals surface area contributed by atoms with Gasteiger partial charge in [-0.1, -0.05) is 44.2 Å². The Kier molecular flexibility index (Phi) is 3.54. The van der Waals surface area contributed by atoms with Crippen molar-refractivity contribution in [3.8, 4) is 21.1 Å². The zero-order valence-electron chi connectivity index (χ0n) is 11.3. The summed E-state index contributed by atoms with van der Waals surface area (Å²) in [6.07, 6.45) is 0. The van der Waals surface area contributed by atoms with Gasteiger partial charge in [0.15, 0.2) is 5.13 Å². The first-order valence-electron chi connectivity index (χ1n) is 6.42. The average Bonchev–Trinajstić information content (AvgIpc) is 3.05. The van der Waals surface area contributed by atoms with Crippen LogP contribution in [-0.4, -0.2) is 9.97 Å². The zero-order valence-corrected chi connectivity index (χ0v) is 13.0. The molecule has 0 fully saturated rings. The molecule has 2 N–H and O–H groups in total. The molecule has 1 aromatic carbocycles. The summed E-state index contributed by atoms with van der Waals surface area (Å²) in [5.41, 5.74) is 8.94. The summed E-state index contributed by atoms with van der Waals surface area (Å²) in [6, 6.07) is 10.3. The normalized spacial score (nSPS) is 11.2. The maximum absolute atomic E-state index is 5.75. The van der Waals surface area contributed by atoms with Crippen LogP contribution in [0.4, 0.5) is 5.13 Å². The number of nitrogen functional groups attached to an aromatic ring is 1. The molecule has 0 saturated heterocycles. The van der Waals surface area contributed by atoms with Gasteiger partial charge in [-0.3, -0.25) is 0 Å². The van der Waals surface area contributed by atoms with Crippen LogP contribution in [0.25, 0.3) is 21.1 Å². The van der Waals surface area contributed by atoms with Crippen molar-refractivity contribution in [1.29, 1.82) is 0 Å². The molecule has 0 saturated carbocycles. The van der Waals surface area contributed by atoms with E-state index >= 15 is 0 Å². The highest BCUT2D eigenvalue weighted by Crippen LogP contribution is 2.39. The van der Waals surface area contributed by atoms with Crippen LogP contribution < -0.4 is 5.73 Å². The van der Waals surface area contributed by atoms with Crippen molar-refractivity contribution >= 4 is 27.8 Å². The maximum Gasteiger partial charge on any atom is 0.180 e. The van der Waals surface area contributed by atoms with E-state index in [-0.39, 0.29) is 0 Å². The molecule has 0 aliphatic rings. The van der Waals surface area contributed by atoms with Crippen molar-refractivity contribution in [3.63, 3.8) is 0 Å². The molecule has 0 radical (unpaired) electrons. The number of rotatable bonds is 3. The lowest BCUT2D eigenvalue weighted by molar-refractivity contribution is 0.835. The molecular formula is C15H15N3S2. The minimum atomic E-state index is 0.363. The number of hydrogen-bond donors (Lipinski definition) is 1. The molecule has 20 heavy (non-hydrogen) atoms. The van der Waals surface area contributed by atoms with Gasteiger partial charge in [0.25, 0.3) is 0 Å². The van der Waals surface area contributed by atoms with Crippen LogP contribution in [0.15, 0.2) is 35.7 Å². The fourth-order valence-corrected chi connectivity index (χ4v) is 3.82. The molecule has 0 atom stereocenters. The fraction of sp³-hybridized carbons (Fsp3) is 0.200. The van der Waals surface area contributed by atoms with E-state index in [2.05, 4.69) is 31.0 Å². The summed E-state index contributed by atoms with van der Waals surface area (Å²) >= 11 is 3.16. The predicted octanol–water partition coefficient (Wildman–Crippen LogP) is 4.64. The second-order valence-electron chi connectivity index (χ2n) is 4.83. The third-order valence-corrected chi connectivity index (χ3v) is 4.79. The number of anilines is 1. The van der Waals surface area contributed by atoms with E-state index in [4.69, 9.17) is 10.7 Å². The Labute approximate surface area is 126 Å². The Morgan fingerprint density at radius 2 is 1.85 bits per heavy atom. The van der Waals surface area contributed by atoms with Gasteiger partial charge in [-0.25, -0.2) is 9.97 Å². The lowest BCUT2D eigenvalue weighted by atomic mass is 10.1. The highest BCUT2D eigenvalue weighted by molar-refractivity contribution is 7.19. The van der Waals surface area contributed by atoms with Gasteiger partial charge < -0.3 is 5.73 Å². The second kappa shape index (κ2) is 5.34. The van der Waals surface area contributed by atoms with Gasteiger partial charge in [0, 0.05) is 10.9 Å². The first-order valence-corrected chi connectivity index (χ1v) is 8.12. The molecule has 5 heteroatoms. The zero-order chi connectivity index (χ0) is 14.1. The monoisotopic (exact) mass is 301 g/mol. The molecule has 0 spiro atoms. The Morgan fingerprint density at radius 3 is 2.45 bits per heavy atom. The summed E-state index contributed by atoms with van der Waals surface area (Å²) in [5.74, 6) is 0.363. The molecule has 0 aliphatic heterocycles. The first kappa shape index (κ1) is 13.3. The van der Waals surface area contributed by atoms with Crippen LogP contribution in [0.3, 0.4) is 0 Å². The first-order chi connectivity index (χ1) is 9.65.